The summed E-state index contributed by atoms with van der Waals surface area (Å²) in [4.78, 5) is 34.6. The SMILES string of the molecule is O=C(COC(=O)c1cc(Cl)ccc1[N+](=O)[O-])c1ccc2c(c1)OCCO2. The van der Waals surface area contributed by atoms with Crippen LogP contribution in [0.1, 0.15) is 20.7 Å². The summed E-state index contributed by atoms with van der Waals surface area (Å²) < 4.78 is 15.7. The molecule has 1 heterocycles. The maximum absolute atomic E-state index is 12.2. The van der Waals surface area contributed by atoms with Gasteiger partial charge in [0.2, 0.25) is 0 Å². The lowest BCUT2D eigenvalue weighted by Crippen LogP contribution is -2.17. The lowest BCUT2D eigenvalue weighted by atomic mass is 10.1. The van der Waals surface area contributed by atoms with Gasteiger partial charge in [0.1, 0.15) is 18.8 Å². The van der Waals surface area contributed by atoms with Crippen LogP contribution in [0.2, 0.25) is 5.02 Å². The maximum atomic E-state index is 12.2. The van der Waals surface area contributed by atoms with E-state index in [-0.39, 0.29) is 16.1 Å². The monoisotopic (exact) mass is 377 g/mol. The van der Waals surface area contributed by atoms with Gasteiger partial charge in [0.05, 0.1) is 4.92 Å². The lowest BCUT2D eigenvalue weighted by molar-refractivity contribution is -0.385. The molecule has 0 spiro atoms. The van der Waals surface area contributed by atoms with Crippen molar-refractivity contribution in [3.8, 4) is 11.5 Å². The maximum Gasteiger partial charge on any atom is 0.345 e. The summed E-state index contributed by atoms with van der Waals surface area (Å²) in [7, 11) is 0. The van der Waals surface area contributed by atoms with Crippen molar-refractivity contribution in [1.29, 1.82) is 0 Å². The van der Waals surface area contributed by atoms with Gasteiger partial charge in [-0.2, -0.15) is 0 Å². The molecule has 0 N–H and O–H groups in total. The number of carbonyl (C=O) groups is 2. The third-order valence-electron chi connectivity index (χ3n) is 3.57. The molecule has 0 amide bonds. The number of hydrogen-bond acceptors (Lipinski definition) is 7. The summed E-state index contributed by atoms with van der Waals surface area (Å²) in [6.45, 7) is 0.219. The van der Waals surface area contributed by atoms with E-state index in [1.54, 1.807) is 6.07 Å². The molecule has 9 heteroatoms. The van der Waals surface area contributed by atoms with E-state index in [1.807, 2.05) is 0 Å². The van der Waals surface area contributed by atoms with E-state index in [0.29, 0.717) is 24.7 Å². The number of fused-ring (bicyclic) bond motifs is 1. The molecular formula is C17H12ClNO7. The molecular weight excluding hydrogens is 366 g/mol. The number of hydrogen-bond donors (Lipinski definition) is 0. The summed E-state index contributed by atoms with van der Waals surface area (Å²) in [5.74, 6) is -0.539. The number of carbonyl (C=O) groups excluding carboxylic acids is 2. The predicted octanol–water partition coefficient (Wildman–Crippen LogP) is 3.06. The topological polar surface area (TPSA) is 105 Å². The Morgan fingerprint density at radius 2 is 1.85 bits per heavy atom. The third-order valence-corrected chi connectivity index (χ3v) is 3.81. The van der Waals surface area contributed by atoms with Crippen LogP contribution in [0.5, 0.6) is 11.5 Å². The highest BCUT2D eigenvalue weighted by Gasteiger charge is 2.23. The number of nitrogens with zero attached hydrogens (tertiary/aromatic N) is 1. The second kappa shape index (κ2) is 7.40. The number of nitro groups is 1. The normalized spacial score (nSPS) is 12.3. The highest BCUT2D eigenvalue weighted by Crippen LogP contribution is 2.31. The summed E-state index contributed by atoms with van der Waals surface area (Å²) in [6.07, 6.45) is 0. The lowest BCUT2D eigenvalue weighted by Gasteiger charge is -2.18. The van der Waals surface area contributed by atoms with Gasteiger partial charge in [-0.05, 0) is 30.3 Å². The van der Waals surface area contributed by atoms with E-state index in [2.05, 4.69) is 0 Å². The van der Waals surface area contributed by atoms with E-state index < -0.39 is 29.0 Å². The molecule has 0 unspecified atom stereocenters. The zero-order valence-corrected chi connectivity index (χ0v) is 14.0. The average Bonchev–Trinajstić information content (AvgIpc) is 2.65. The molecule has 8 nitrogen and oxygen atoms in total. The number of esters is 1. The first-order chi connectivity index (χ1) is 12.5. The molecule has 134 valence electrons. The van der Waals surface area contributed by atoms with Crippen molar-refractivity contribution in [3.05, 3.63) is 62.7 Å². The second-order valence-corrected chi connectivity index (χ2v) is 5.71. The molecule has 2 aromatic carbocycles. The molecule has 26 heavy (non-hydrogen) atoms. The van der Waals surface area contributed by atoms with Crippen LogP contribution in [0.4, 0.5) is 5.69 Å². The quantitative estimate of drug-likeness (QED) is 0.341. The van der Waals surface area contributed by atoms with Crippen LogP contribution >= 0.6 is 11.6 Å². The van der Waals surface area contributed by atoms with Crippen molar-refractivity contribution in [2.45, 2.75) is 0 Å². The largest absolute Gasteiger partial charge is 0.486 e. The van der Waals surface area contributed by atoms with Gasteiger partial charge in [-0.1, -0.05) is 11.6 Å². The molecule has 0 bridgehead atoms. The first-order valence-electron chi connectivity index (χ1n) is 7.49. The van der Waals surface area contributed by atoms with Crippen molar-refractivity contribution in [3.63, 3.8) is 0 Å². The Labute approximate surface area is 152 Å². The third kappa shape index (κ3) is 3.75. The fraction of sp³-hybridized carbons (Fsp3) is 0.176. The molecule has 1 aliphatic heterocycles. The van der Waals surface area contributed by atoms with Gasteiger partial charge in [-0.15, -0.1) is 0 Å². The van der Waals surface area contributed by atoms with Crippen LogP contribution in [0, 0.1) is 10.1 Å². The number of halogens is 1. The Morgan fingerprint density at radius 1 is 1.12 bits per heavy atom. The van der Waals surface area contributed by atoms with E-state index in [4.69, 9.17) is 25.8 Å². The first-order valence-corrected chi connectivity index (χ1v) is 7.87. The molecule has 2 aromatic rings. The molecule has 0 fully saturated rings. The molecule has 0 aliphatic carbocycles. The molecule has 0 saturated carbocycles. The Balaban J connectivity index is 1.71. The van der Waals surface area contributed by atoms with Crippen molar-refractivity contribution < 1.29 is 28.7 Å². The number of Topliss-reactive ketones (excluding diaryl/α,β-unsaturated/α-hetero) is 1. The van der Waals surface area contributed by atoms with Crippen molar-refractivity contribution >= 4 is 29.0 Å². The molecule has 0 radical (unpaired) electrons. The van der Waals surface area contributed by atoms with E-state index in [1.165, 1.54) is 18.2 Å². The van der Waals surface area contributed by atoms with Gasteiger partial charge in [-0.25, -0.2) is 4.79 Å². The zero-order chi connectivity index (χ0) is 18.7. The van der Waals surface area contributed by atoms with Crippen LogP contribution in [0.25, 0.3) is 0 Å². The number of nitro benzene ring substituents is 1. The van der Waals surface area contributed by atoms with Gasteiger partial charge in [0.25, 0.3) is 5.69 Å². The molecule has 0 saturated heterocycles. The Kier molecular flexibility index (Phi) is 5.04. The summed E-state index contributed by atoms with van der Waals surface area (Å²) in [5.41, 5.74) is -0.508. The molecule has 0 atom stereocenters. The van der Waals surface area contributed by atoms with Crippen LogP contribution in [0.3, 0.4) is 0 Å². The minimum Gasteiger partial charge on any atom is -0.486 e. The van der Waals surface area contributed by atoms with Gasteiger partial charge in [0.15, 0.2) is 23.9 Å². The van der Waals surface area contributed by atoms with Gasteiger partial charge in [-0.3, -0.25) is 14.9 Å². The molecule has 3 rings (SSSR count). The first kappa shape index (κ1) is 17.7. The summed E-state index contributed by atoms with van der Waals surface area (Å²) in [6, 6.07) is 8.11. The molecule has 0 aromatic heterocycles. The van der Waals surface area contributed by atoms with Crippen LogP contribution < -0.4 is 9.47 Å². The van der Waals surface area contributed by atoms with Crippen molar-refractivity contribution in [2.75, 3.05) is 19.8 Å². The van der Waals surface area contributed by atoms with Gasteiger partial charge >= 0.3 is 5.97 Å². The van der Waals surface area contributed by atoms with Crippen LogP contribution in [-0.2, 0) is 4.74 Å². The standard InChI is InChI=1S/C17H12ClNO7/c18-11-2-3-13(19(22)23)12(8-11)17(21)26-9-14(20)10-1-4-15-16(7-10)25-6-5-24-15/h1-4,7-8H,5-6,9H2. The number of benzene rings is 2. The fourth-order valence-electron chi connectivity index (χ4n) is 2.34. The Bertz CT molecular complexity index is 897. The van der Waals surface area contributed by atoms with Crippen LogP contribution in [0.15, 0.2) is 36.4 Å². The number of ketones is 1. The second-order valence-electron chi connectivity index (χ2n) is 5.28. The van der Waals surface area contributed by atoms with Crippen LogP contribution in [-0.4, -0.2) is 36.5 Å². The summed E-state index contributed by atoms with van der Waals surface area (Å²) >= 11 is 5.77. The van der Waals surface area contributed by atoms with E-state index in [9.17, 15) is 19.7 Å². The van der Waals surface area contributed by atoms with Crippen molar-refractivity contribution in [1.82, 2.24) is 0 Å². The average molecular weight is 378 g/mol. The van der Waals surface area contributed by atoms with E-state index in [0.717, 1.165) is 12.1 Å². The smallest absolute Gasteiger partial charge is 0.345 e. The number of ether oxygens (including phenoxy) is 3. The minimum atomic E-state index is -1.01. The Hall–Kier alpha value is -3.13. The zero-order valence-electron chi connectivity index (χ0n) is 13.3. The Morgan fingerprint density at radius 3 is 2.58 bits per heavy atom. The molecule has 1 aliphatic rings. The minimum absolute atomic E-state index is 0.140. The highest BCUT2D eigenvalue weighted by atomic mass is 35.5. The number of rotatable bonds is 5. The van der Waals surface area contributed by atoms with Gasteiger partial charge in [0, 0.05) is 16.7 Å². The predicted molar refractivity (Wildman–Crippen MR) is 90.2 cm³/mol. The summed E-state index contributed by atoms with van der Waals surface area (Å²) in [5, 5.41) is 11.1. The fourth-order valence-corrected chi connectivity index (χ4v) is 2.51. The van der Waals surface area contributed by atoms with E-state index >= 15 is 0 Å². The van der Waals surface area contributed by atoms with Crippen molar-refractivity contribution in [2.24, 2.45) is 0 Å². The van der Waals surface area contributed by atoms with Gasteiger partial charge < -0.3 is 14.2 Å². The highest BCUT2D eigenvalue weighted by molar-refractivity contribution is 6.31.